The van der Waals surface area contributed by atoms with Crippen LogP contribution in [0.5, 0.6) is 0 Å². The van der Waals surface area contributed by atoms with E-state index < -0.39 is 0 Å². The molecule has 0 aromatic heterocycles. The first kappa shape index (κ1) is 17.2. The van der Waals surface area contributed by atoms with Crippen LogP contribution in [0.4, 0.5) is 0 Å². The van der Waals surface area contributed by atoms with Crippen molar-refractivity contribution in [1.29, 1.82) is 0 Å². The molecule has 0 radical (unpaired) electrons. The van der Waals surface area contributed by atoms with Crippen LogP contribution in [0.1, 0.15) is 46.8 Å². The molecule has 3 nitrogen and oxygen atoms in total. The third-order valence-electron chi connectivity index (χ3n) is 4.01. The molecule has 122 valence electrons. The number of nitrogens with one attached hydrogen (secondary N) is 2. The van der Waals surface area contributed by atoms with Gasteiger partial charge >= 0.3 is 0 Å². The molecule has 0 saturated carbocycles. The Hall–Kier alpha value is -2.13. The van der Waals surface area contributed by atoms with Crippen LogP contribution >= 0.6 is 0 Å². The Labute approximate surface area is 139 Å². The molecule has 0 aliphatic carbocycles. The highest BCUT2D eigenvalue weighted by Crippen LogP contribution is 2.15. The predicted molar refractivity (Wildman–Crippen MR) is 95.8 cm³/mol. The van der Waals surface area contributed by atoms with Gasteiger partial charge in [-0.15, -0.1) is 0 Å². The van der Waals surface area contributed by atoms with Crippen molar-refractivity contribution >= 4 is 5.91 Å². The molecule has 2 aromatic carbocycles. The van der Waals surface area contributed by atoms with E-state index >= 15 is 0 Å². The van der Waals surface area contributed by atoms with Crippen LogP contribution in [0.2, 0.25) is 0 Å². The van der Waals surface area contributed by atoms with Crippen molar-refractivity contribution in [1.82, 2.24) is 10.6 Å². The molecule has 0 fully saturated rings. The summed E-state index contributed by atoms with van der Waals surface area (Å²) in [5, 5.41) is 6.14. The predicted octanol–water partition coefficient (Wildman–Crippen LogP) is 3.50. The van der Waals surface area contributed by atoms with Gasteiger partial charge in [0.2, 0.25) is 0 Å². The molecule has 0 saturated heterocycles. The number of carbonyl (C=O) groups is 1. The molecule has 0 unspecified atom stereocenters. The second-order valence-corrected chi connectivity index (χ2v) is 6.09. The standard InChI is InChI=1S/C20H26N2O/c1-15(2)17-10-8-16(9-11-17)14-22-20(23)19-7-5-4-6-18(19)12-13-21-3/h4-11,15,21H,12-14H2,1-3H3,(H,22,23). The zero-order valence-corrected chi connectivity index (χ0v) is 14.2. The second kappa shape index (κ2) is 8.49. The second-order valence-electron chi connectivity index (χ2n) is 6.09. The quantitative estimate of drug-likeness (QED) is 0.822. The fourth-order valence-electron chi connectivity index (χ4n) is 2.52. The third kappa shape index (κ3) is 4.93. The van der Waals surface area contributed by atoms with E-state index in [1.807, 2.05) is 31.3 Å². The van der Waals surface area contributed by atoms with Crippen LogP contribution < -0.4 is 10.6 Å². The van der Waals surface area contributed by atoms with Crippen LogP contribution in [-0.4, -0.2) is 19.5 Å². The van der Waals surface area contributed by atoms with E-state index in [0.29, 0.717) is 12.5 Å². The lowest BCUT2D eigenvalue weighted by atomic mass is 10.0. The number of rotatable bonds is 7. The number of benzene rings is 2. The van der Waals surface area contributed by atoms with Gasteiger partial charge in [0.05, 0.1) is 0 Å². The Morgan fingerprint density at radius 1 is 1.04 bits per heavy atom. The first-order chi connectivity index (χ1) is 11.1. The molecule has 1 amide bonds. The van der Waals surface area contributed by atoms with Gasteiger partial charge in [-0.1, -0.05) is 56.3 Å². The molecule has 0 aliphatic rings. The highest BCUT2D eigenvalue weighted by molar-refractivity contribution is 5.95. The van der Waals surface area contributed by atoms with E-state index in [0.717, 1.165) is 29.7 Å². The maximum atomic E-state index is 12.4. The van der Waals surface area contributed by atoms with Crippen molar-refractivity contribution in [3.8, 4) is 0 Å². The maximum absolute atomic E-state index is 12.4. The van der Waals surface area contributed by atoms with Gasteiger partial charge in [0.15, 0.2) is 0 Å². The van der Waals surface area contributed by atoms with Gasteiger partial charge in [-0.25, -0.2) is 0 Å². The minimum Gasteiger partial charge on any atom is -0.348 e. The Morgan fingerprint density at radius 2 is 1.74 bits per heavy atom. The van der Waals surface area contributed by atoms with Crippen LogP contribution in [0.25, 0.3) is 0 Å². The molecular formula is C20H26N2O. The van der Waals surface area contributed by atoms with Gasteiger partial charge in [-0.05, 0) is 48.7 Å². The van der Waals surface area contributed by atoms with Crippen molar-refractivity contribution in [2.24, 2.45) is 0 Å². The molecule has 0 atom stereocenters. The van der Waals surface area contributed by atoms with Gasteiger partial charge in [-0.3, -0.25) is 4.79 Å². The summed E-state index contributed by atoms with van der Waals surface area (Å²) in [6, 6.07) is 16.2. The molecule has 0 bridgehead atoms. The van der Waals surface area contributed by atoms with Gasteiger partial charge in [0, 0.05) is 12.1 Å². The Bertz CT molecular complexity index is 632. The van der Waals surface area contributed by atoms with Crippen molar-refractivity contribution in [2.45, 2.75) is 32.7 Å². The fraction of sp³-hybridized carbons (Fsp3) is 0.350. The Balaban J connectivity index is 1.99. The molecule has 0 spiro atoms. The van der Waals surface area contributed by atoms with Crippen LogP contribution in [-0.2, 0) is 13.0 Å². The highest BCUT2D eigenvalue weighted by atomic mass is 16.1. The van der Waals surface area contributed by atoms with E-state index in [1.54, 1.807) is 0 Å². The van der Waals surface area contributed by atoms with Crippen LogP contribution in [0, 0.1) is 0 Å². The molecule has 23 heavy (non-hydrogen) atoms. The summed E-state index contributed by atoms with van der Waals surface area (Å²) >= 11 is 0. The smallest absolute Gasteiger partial charge is 0.251 e. The summed E-state index contributed by atoms with van der Waals surface area (Å²) in [6.45, 7) is 5.77. The normalized spacial score (nSPS) is 10.8. The summed E-state index contributed by atoms with van der Waals surface area (Å²) < 4.78 is 0. The van der Waals surface area contributed by atoms with Gasteiger partial charge in [-0.2, -0.15) is 0 Å². The summed E-state index contributed by atoms with van der Waals surface area (Å²) in [7, 11) is 1.92. The van der Waals surface area contributed by atoms with Gasteiger partial charge in [0.1, 0.15) is 0 Å². The van der Waals surface area contributed by atoms with Crippen LogP contribution in [0.15, 0.2) is 48.5 Å². The molecule has 2 N–H and O–H groups in total. The zero-order valence-electron chi connectivity index (χ0n) is 14.2. The third-order valence-corrected chi connectivity index (χ3v) is 4.01. The molecule has 2 aromatic rings. The van der Waals surface area contributed by atoms with E-state index in [9.17, 15) is 4.79 Å². The highest BCUT2D eigenvalue weighted by Gasteiger charge is 2.10. The number of hydrogen-bond acceptors (Lipinski definition) is 2. The number of carbonyl (C=O) groups excluding carboxylic acids is 1. The maximum Gasteiger partial charge on any atom is 0.251 e. The summed E-state index contributed by atoms with van der Waals surface area (Å²) in [5.41, 5.74) is 4.28. The lowest BCUT2D eigenvalue weighted by Gasteiger charge is -2.11. The first-order valence-electron chi connectivity index (χ1n) is 8.21. The Kier molecular flexibility index (Phi) is 6.36. The van der Waals surface area contributed by atoms with Gasteiger partial charge in [0.25, 0.3) is 5.91 Å². The number of hydrogen-bond donors (Lipinski definition) is 2. The van der Waals surface area contributed by atoms with E-state index in [2.05, 4.69) is 48.7 Å². The average Bonchev–Trinajstić information content (AvgIpc) is 2.58. The monoisotopic (exact) mass is 310 g/mol. The Morgan fingerprint density at radius 3 is 2.39 bits per heavy atom. The van der Waals surface area contributed by atoms with Gasteiger partial charge < -0.3 is 10.6 Å². The molecule has 3 heteroatoms. The average molecular weight is 310 g/mol. The summed E-state index contributed by atoms with van der Waals surface area (Å²) in [5.74, 6) is 0.516. The zero-order chi connectivity index (χ0) is 16.7. The molecule has 2 rings (SSSR count). The number of likely N-dealkylation sites (N-methyl/N-ethyl adjacent to an activating group) is 1. The van der Waals surface area contributed by atoms with Crippen molar-refractivity contribution < 1.29 is 4.79 Å². The van der Waals surface area contributed by atoms with Crippen molar-refractivity contribution in [3.63, 3.8) is 0 Å². The fourth-order valence-corrected chi connectivity index (χ4v) is 2.52. The minimum absolute atomic E-state index is 0.00959. The lowest BCUT2D eigenvalue weighted by molar-refractivity contribution is 0.0950. The van der Waals surface area contributed by atoms with Crippen molar-refractivity contribution in [3.05, 3.63) is 70.8 Å². The SMILES string of the molecule is CNCCc1ccccc1C(=O)NCc1ccc(C(C)C)cc1. The van der Waals surface area contributed by atoms with E-state index in [4.69, 9.17) is 0 Å². The minimum atomic E-state index is -0.00959. The van der Waals surface area contributed by atoms with Crippen molar-refractivity contribution in [2.75, 3.05) is 13.6 Å². The molecule has 0 heterocycles. The lowest BCUT2D eigenvalue weighted by Crippen LogP contribution is -2.24. The largest absolute Gasteiger partial charge is 0.348 e. The summed E-state index contributed by atoms with van der Waals surface area (Å²) in [4.78, 5) is 12.4. The summed E-state index contributed by atoms with van der Waals surface area (Å²) in [6.07, 6.45) is 0.850. The van der Waals surface area contributed by atoms with E-state index in [1.165, 1.54) is 5.56 Å². The number of amides is 1. The topological polar surface area (TPSA) is 41.1 Å². The van der Waals surface area contributed by atoms with E-state index in [-0.39, 0.29) is 5.91 Å². The first-order valence-corrected chi connectivity index (χ1v) is 8.21. The molecule has 0 aliphatic heterocycles. The molecular weight excluding hydrogens is 284 g/mol. The van der Waals surface area contributed by atoms with Crippen LogP contribution in [0.3, 0.4) is 0 Å².